The first-order chi connectivity index (χ1) is 15.2. The minimum atomic E-state index is 0.0563. The number of thiophene rings is 1. The maximum Gasteiger partial charge on any atom is 0.254 e. The predicted molar refractivity (Wildman–Crippen MR) is 125 cm³/mol. The van der Waals surface area contributed by atoms with Crippen LogP contribution in [0.1, 0.15) is 22.2 Å². The molecule has 4 aromatic rings. The maximum atomic E-state index is 13.6. The molecule has 1 fully saturated rings. The van der Waals surface area contributed by atoms with Gasteiger partial charge in [0.1, 0.15) is 0 Å². The summed E-state index contributed by atoms with van der Waals surface area (Å²) < 4.78 is 0. The second kappa shape index (κ2) is 8.43. The highest BCUT2D eigenvalue weighted by Crippen LogP contribution is 2.31. The predicted octanol–water partition coefficient (Wildman–Crippen LogP) is 4.28. The molecule has 5 rings (SSSR count). The maximum absolute atomic E-state index is 13.6. The number of anilines is 1. The third kappa shape index (κ3) is 3.88. The van der Waals surface area contributed by atoms with Gasteiger partial charge < -0.3 is 9.80 Å². The van der Waals surface area contributed by atoms with Crippen molar-refractivity contribution in [3.05, 3.63) is 71.4 Å². The minimum Gasteiger partial charge on any atom is -0.337 e. The zero-order valence-electron chi connectivity index (χ0n) is 17.4. The first-order valence-corrected chi connectivity index (χ1v) is 11.3. The van der Waals surface area contributed by atoms with Crippen LogP contribution in [0.4, 0.5) is 5.95 Å². The van der Waals surface area contributed by atoms with Crippen molar-refractivity contribution in [1.29, 1.82) is 0 Å². The van der Waals surface area contributed by atoms with E-state index in [9.17, 15) is 4.79 Å². The molecule has 1 amide bonds. The van der Waals surface area contributed by atoms with Crippen molar-refractivity contribution in [3.8, 4) is 10.6 Å². The molecule has 156 valence electrons. The van der Waals surface area contributed by atoms with E-state index < -0.39 is 0 Å². The van der Waals surface area contributed by atoms with Gasteiger partial charge in [0.05, 0.1) is 21.7 Å². The second-order valence-electron chi connectivity index (χ2n) is 7.52. The number of carbonyl (C=O) groups is 1. The Kier molecular flexibility index (Phi) is 5.34. The van der Waals surface area contributed by atoms with Crippen molar-refractivity contribution in [3.63, 3.8) is 0 Å². The quantitative estimate of drug-likeness (QED) is 0.485. The van der Waals surface area contributed by atoms with E-state index in [4.69, 9.17) is 4.98 Å². The molecule has 0 spiro atoms. The number of para-hydroxylation sites is 1. The molecule has 0 radical (unpaired) electrons. The van der Waals surface area contributed by atoms with Crippen LogP contribution < -0.4 is 4.90 Å². The molecule has 6 nitrogen and oxygen atoms in total. The van der Waals surface area contributed by atoms with Gasteiger partial charge in [0, 0.05) is 48.8 Å². The number of hydrogen-bond acceptors (Lipinski definition) is 6. The van der Waals surface area contributed by atoms with Crippen molar-refractivity contribution in [2.75, 3.05) is 31.1 Å². The molecular formula is C24H23N5OS. The zero-order chi connectivity index (χ0) is 21.2. The lowest BCUT2D eigenvalue weighted by Gasteiger charge is -2.34. The number of benzene rings is 1. The van der Waals surface area contributed by atoms with Crippen molar-refractivity contribution in [2.24, 2.45) is 0 Å². The largest absolute Gasteiger partial charge is 0.337 e. The molecule has 0 N–H and O–H groups in total. The number of nitrogens with zero attached hydrogens (tertiary/aromatic N) is 5. The van der Waals surface area contributed by atoms with Gasteiger partial charge >= 0.3 is 0 Å². The van der Waals surface area contributed by atoms with E-state index in [1.807, 2.05) is 41.3 Å². The first-order valence-electron chi connectivity index (χ1n) is 10.5. The lowest BCUT2D eigenvalue weighted by Crippen LogP contribution is -2.49. The van der Waals surface area contributed by atoms with Gasteiger partial charge in [0.15, 0.2) is 0 Å². The SMILES string of the molecule is CCc1ccc(-c2cc(C(=O)N3CCN(c4ncccn4)CC3)c3ccccc3n2)s1. The summed E-state index contributed by atoms with van der Waals surface area (Å²) in [6.45, 7) is 4.87. The van der Waals surface area contributed by atoms with Gasteiger partial charge in [0.25, 0.3) is 5.91 Å². The fourth-order valence-electron chi connectivity index (χ4n) is 3.92. The van der Waals surface area contributed by atoms with Crippen molar-refractivity contribution in [1.82, 2.24) is 19.9 Å². The molecule has 1 aliphatic rings. The topological polar surface area (TPSA) is 62.2 Å². The summed E-state index contributed by atoms with van der Waals surface area (Å²) in [6, 6.07) is 15.9. The Morgan fingerprint density at radius 3 is 2.52 bits per heavy atom. The molecule has 3 aromatic heterocycles. The van der Waals surface area contributed by atoms with Crippen LogP contribution in [0.5, 0.6) is 0 Å². The van der Waals surface area contributed by atoms with Gasteiger partial charge in [-0.15, -0.1) is 11.3 Å². The van der Waals surface area contributed by atoms with Gasteiger partial charge in [-0.05, 0) is 36.8 Å². The Balaban J connectivity index is 1.44. The number of fused-ring (bicyclic) bond motifs is 1. The fraction of sp³-hybridized carbons (Fsp3) is 0.250. The fourth-order valence-corrected chi connectivity index (χ4v) is 4.83. The summed E-state index contributed by atoms with van der Waals surface area (Å²) in [5.74, 6) is 0.774. The molecule has 0 unspecified atom stereocenters. The number of piperazine rings is 1. The van der Waals surface area contributed by atoms with Gasteiger partial charge in [-0.3, -0.25) is 4.79 Å². The molecule has 4 heterocycles. The zero-order valence-corrected chi connectivity index (χ0v) is 18.2. The Morgan fingerprint density at radius 2 is 1.77 bits per heavy atom. The van der Waals surface area contributed by atoms with Gasteiger partial charge in [-0.2, -0.15) is 0 Å². The Hall–Kier alpha value is -3.32. The smallest absolute Gasteiger partial charge is 0.254 e. The first kappa shape index (κ1) is 19.6. The van der Waals surface area contributed by atoms with Crippen molar-refractivity contribution >= 4 is 34.1 Å². The highest BCUT2D eigenvalue weighted by atomic mass is 32.1. The molecule has 7 heteroatoms. The summed E-state index contributed by atoms with van der Waals surface area (Å²) in [5, 5.41) is 0.900. The molecule has 0 bridgehead atoms. The minimum absolute atomic E-state index is 0.0563. The molecule has 0 aliphatic carbocycles. The third-order valence-corrected chi connectivity index (χ3v) is 6.86. The average Bonchev–Trinajstić information content (AvgIpc) is 3.33. The van der Waals surface area contributed by atoms with Crippen LogP contribution in [0.2, 0.25) is 0 Å². The van der Waals surface area contributed by atoms with Gasteiger partial charge in [0.2, 0.25) is 5.95 Å². The summed E-state index contributed by atoms with van der Waals surface area (Å²) in [4.78, 5) is 33.5. The molecule has 1 aromatic carbocycles. The van der Waals surface area contributed by atoms with E-state index >= 15 is 0 Å². The molecule has 1 saturated heterocycles. The molecule has 0 atom stereocenters. The molecular weight excluding hydrogens is 406 g/mol. The molecule has 0 saturated carbocycles. The second-order valence-corrected chi connectivity index (χ2v) is 8.69. The lowest BCUT2D eigenvalue weighted by molar-refractivity contribution is 0.0748. The van der Waals surface area contributed by atoms with E-state index in [0.717, 1.165) is 52.5 Å². The summed E-state index contributed by atoms with van der Waals surface area (Å²) in [5.41, 5.74) is 2.44. The number of hydrogen-bond donors (Lipinski definition) is 0. The highest BCUT2D eigenvalue weighted by Gasteiger charge is 2.25. The van der Waals surface area contributed by atoms with E-state index in [1.54, 1.807) is 23.7 Å². The third-order valence-electron chi connectivity index (χ3n) is 5.61. The Labute approximate surface area is 185 Å². The van der Waals surface area contributed by atoms with Crippen LogP contribution in [0.25, 0.3) is 21.5 Å². The highest BCUT2D eigenvalue weighted by molar-refractivity contribution is 7.15. The van der Waals surface area contributed by atoms with Crippen LogP contribution >= 0.6 is 11.3 Å². The standard InChI is InChI=1S/C24H23N5OS/c1-2-17-8-9-22(31-17)21-16-19(18-6-3-4-7-20(18)27-21)23(30)28-12-14-29(15-13-28)24-25-10-5-11-26-24/h3-11,16H,2,12-15H2,1H3. The van der Waals surface area contributed by atoms with E-state index in [2.05, 4.69) is 33.9 Å². The monoisotopic (exact) mass is 429 g/mol. The van der Waals surface area contributed by atoms with Crippen molar-refractivity contribution < 1.29 is 4.79 Å². The summed E-state index contributed by atoms with van der Waals surface area (Å²) >= 11 is 1.74. The van der Waals surface area contributed by atoms with Gasteiger partial charge in [-0.1, -0.05) is 25.1 Å². The van der Waals surface area contributed by atoms with E-state index in [-0.39, 0.29) is 5.91 Å². The number of pyridine rings is 1. The summed E-state index contributed by atoms with van der Waals surface area (Å²) in [6.07, 6.45) is 4.50. The number of aryl methyl sites for hydroxylation is 1. The number of aromatic nitrogens is 3. The molecule has 1 aliphatic heterocycles. The van der Waals surface area contributed by atoms with Crippen LogP contribution in [0.3, 0.4) is 0 Å². The normalized spacial score (nSPS) is 14.2. The Bertz CT molecular complexity index is 1220. The number of rotatable bonds is 4. The van der Waals surface area contributed by atoms with Crippen LogP contribution in [0, 0.1) is 0 Å². The average molecular weight is 430 g/mol. The van der Waals surface area contributed by atoms with Gasteiger partial charge in [-0.25, -0.2) is 15.0 Å². The Morgan fingerprint density at radius 1 is 1.00 bits per heavy atom. The van der Waals surface area contributed by atoms with Crippen molar-refractivity contribution in [2.45, 2.75) is 13.3 Å². The van der Waals surface area contributed by atoms with E-state index in [0.29, 0.717) is 13.1 Å². The van der Waals surface area contributed by atoms with E-state index in [1.165, 1.54) is 4.88 Å². The lowest BCUT2D eigenvalue weighted by atomic mass is 10.1. The number of amides is 1. The van der Waals surface area contributed by atoms with Crippen LogP contribution in [-0.4, -0.2) is 51.9 Å². The molecule has 31 heavy (non-hydrogen) atoms. The van der Waals surface area contributed by atoms with Crippen LogP contribution in [-0.2, 0) is 6.42 Å². The summed E-state index contributed by atoms with van der Waals surface area (Å²) in [7, 11) is 0. The van der Waals surface area contributed by atoms with Crippen LogP contribution in [0.15, 0.2) is 60.9 Å². The number of carbonyl (C=O) groups excluding carboxylic acids is 1.